The molecule has 0 bridgehead atoms. The first-order valence-electron chi connectivity index (χ1n) is 6.30. The predicted octanol–water partition coefficient (Wildman–Crippen LogP) is 2.53. The van der Waals surface area contributed by atoms with Crippen LogP contribution in [0, 0.1) is 6.92 Å². The molecule has 4 nitrogen and oxygen atoms in total. The maximum Gasteiger partial charge on any atom is 0.137 e. The van der Waals surface area contributed by atoms with Crippen molar-refractivity contribution < 1.29 is 4.21 Å². The lowest BCUT2D eigenvalue weighted by molar-refractivity contribution is 0.682. The van der Waals surface area contributed by atoms with Gasteiger partial charge in [0.05, 0.1) is 22.2 Å². The molecule has 1 atom stereocenters. The lowest BCUT2D eigenvalue weighted by Crippen LogP contribution is -1.98. The summed E-state index contributed by atoms with van der Waals surface area (Å²) in [5.74, 6) is 0.408. The second kappa shape index (κ2) is 5.09. The van der Waals surface area contributed by atoms with E-state index in [-0.39, 0.29) is 0 Å². The fourth-order valence-electron chi connectivity index (χ4n) is 2.06. The van der Waals surface area contributed by atoms with Gasteiger partial charge in [0.2, 0.25) is 0 Å². The molecule has 0 aliphatic heterocycles. The summed E-state index contributed by atoms with van der Waals surface area (Å²) in [6.07, 6.45) is 3.85. The zero-order valence-corrected chi connectivity index (χ0v) is 11.9. The zero-order chi connectivity index (χ0) is 14.1. The number of imidazole rings is 1. The van der Waals surface area contributed by atoms with E-state index in [0.717, 1.165) is 27.5 Å². The quantitative estimate of drug-likeness (QED) is 0.752. The van der Waals surface area contributed by atoms with Gasteiger partial charge in [0.15, 0.2) is 0 Å². The Morgan fingerprint density at radius 2 is 2.15 bits per heavy atom. The fraction of sp³-hybridized carbons (Fsp3) is 0.133. The summed E-state index contributed by atoms with van der Waals surface area (Å²) in [6.45, 7) is 1.92. The molecule has 102 valence electrons. The van der Waals surface area contributed by atoms with E-state index in [0.29, 0.717) is 5.75 Å². The number of pyridine rings is 1. The number of hydrogen-bond donors (Lipinski definition) is 1. The Morgan fingerprint density at radius 3 is 2.90 bits per heavy atom. The average Bonchev–Trinajstić information content (AvgIpc) is 2.83. The van der Waals surface area contributed by atoms with Gasteiger partial charge in [0.1, 0.15) is 5.65 Å². The van der Waals surface area contributed by atoms with Crippen LogP contribution >= 0.6 is 0 Å². The van der Waals surface area contributed by atoms with Crippen molar-refractivity contribution in [3.63, 3.8) is 0 Å². The molecule has 0 spiro atoms. The third kappa shape index (κ3) is 2.44. The maximum absolute atomic E-state index is 12.4. The molecule has 3 rings (SSSR count). The Hall–Kier alpha value is -2.14. The smallest absolute Gasteiger partial charge is 0.137 e. The molecule has 5 heteroatoms. The molecule has 0 fully saturated rings. The van der Waals surface area contributed by atoms with Crippen molar-refractivity contribution in [3.8, 4) is 0 Å². The average molecular weight is 285 g/mol. The van der Waals surface area contributed by atoms with Crippen LogP contribution in [0.3, 0.4) is 0 Å². The summed E-state index contributed by atoms with van der Waals surface area (Å²) >= 11 is 0. The number of fused-ring (bicyclic) bond motifs is 1. The van der Waals surface area contributed by atoms with Crippen molar-refractivity contribution in [1.29, 1.82) is 0 Å². The molecule has 1 unspecified atom stereocenters. The van der Waals surface area contributed by atoms with Gasteiger partial charge in [0.25, 0.3) is 0 Å². The first-order chi connectivity index (χ1) is 9.63. The van der Waals surface area contributed by atoms with Crippen molar-refractivity contribution in [2.24, 2.45) is 0 Å². The monoisotopic (exact) mass is 285 g/mol. The molecule has 0 aliphatic carbocycles. The first-order valence-corrected chi connectivity index (χ1v) is 7.62. The van der Waals surface area contributed by atoms with E-state index in [1.165, 1.54) is 0 Å². The van der Waals surface area contributed by atoms with Crippen LogP contribution in [-0.4, -0.2) is 13.6 Å². The summed E-state index contributed by atoms with van der Waals surface area (Å²) in [5.41, 5.74) is 9.14. The summed E-state index contributed by atoms with van der Waals surface area (Å²) < 4.78 is 14.3. The maximum atomic E-state index is 12.4. The summed E-state index contributed by atoms with van der Waals surface area (Å²) in [4.78, 5) is 5.25. The second-order valence-corrected chi connectivity index (χ2v) is 6.16. The molecule has 0 aliphatic rings. The molecule has 2 N–H and O–H groups in total. The summed E-state index contributed by atoms with van der Waals surface area (Å²) in [6, 6.07) is 11.3. The van der Waals surface area contributed by atoms with Gasteiger partial charge in [-0.2, -0.15) is 0 Å². The van der Waals surface area contributed by atoms with Crippen molar-refractivity contribution >= 4 is 22.1 Å². The van der Waals surface area contributed by atoms with E-state index in [2.05, 4.69) is 4.98 Å². The van der Waals surface area contributed by atoms with Crippen LogP contribution in [0.4, 0.5) is 5.69 Å². The van der Waals surface area contributed by atoms with Crippen LogP contribution in [0.1, 0.15) is 11.3 Å². The van der Waals surface area contributed by atoms with Gasteiger partial charge in [-0.1, -0.05) is 6.07 Å². The largest absolute Gasteiger partial charge is 0.399 e. The second-order valence-electron chi connectivity index (χ2n) is 4.71. The van der Waals surface area contributed by atoms with Gasteiger partial charge in [-0.25, -0.2) is 4.98 Å². The molecular formula is C15H15N3OS. The highest BCUT2D eigenvalue weighted by Gasteiger charge is 2.09. The lowest BCUT2D eigenvalue weighted by Gasteiger charge is -2.04. The number of aryl methyl sites for hydroxylation is 1. The van der Waals surface area contributed by atoms with E-state index in [9.17, 15) is 4.21 Å². The number of nitrogens with two attached hydrogens (primary N) is 1. The fourth-order valence-corrected chi connectivity index (χ4v) is 3.17. The third-order valence-corrected chi connectivity index (χ3v) is 4.53. The Bertz CT molecular complexity index is 762. The van der Waals surface area contributed by atoms with Gasteiger partial charge in [0, 0.05) is 23.0 Å². The van der Waals surface area contributed by atoms with E-state index >= 15 is 0 Å². The van der Waals surface area contributed by atoms with E-state index in [4.69, 9.17) is 5.73 Å². The molecule has 0 radical (unpaired) electrons. The first kappa shape index (κ1) is 12.9. The zero-order valence-electron chi connectivity index (χ0n) is 11.1. The number of benzene rings is 1. The standard InChI is InChI=1S/C15H15N3OS/c1-11-8-13(5-6-14(11)16)20(19)10-12-9-18-7-3-2-4-15(18)17-12/h2-9H,10,16H2,1H3. The highest BCUT2D eigenvalue weighted by atomic mass is 32.2. The predicted molar refractivity (Wildman–Crippen MR) is 80.9 cm³/mol. The number of aromatic nitrogens is 2. The van der Waals surface area contributed by atoms with Gasteiger partial charge >= 0.3 is 0 Å². The Balaban J connectivity index is 1.86. The van der Waals surface area contributed by atoms with Crippen LogP contribution in [0.25, 0.3) is 5.65 Å². The number of hydrogen-bond acceptors (Lipinski definition) is 3. The molecule has 3 aromatic rings. The van der Waals surface area contributed by atoms with Crippen molar-refractivity contribution in [2.45, 2.75) is 17.6 Å². The minimum absolute atomic E-state index is 0.408. The highest BCUT2D eigenvalue weighted by molar-refractivity contribution is 7.84. The molecule has 0 amide bonds. The van der Waals surface area contributed by atoms with Crippen LogP contribution in [-0.2, 0) is 16.6 Å². The third-order valence-electron chi connectivity index (χ3n) is 3.20. The van der Waals surface area contributed by atoms with Crippen LogP contribution < -0.4 is 5.73 Å². The lowest BCUT2D eigenvalue weighted by atomic mass is 10.2. The van der Waals surface area contributed by atoms with Gasteiger partial charge in [-0.3, -0.25) is 4.21 Å². The summed E-state index contributed by atoms with van der Waals surface area (Å²) in [7, 11) is -1.11. The molecule has 1 aromatic carbocycles. The Kier molecular flexibility index (Phi) is 3.28. The molecule has 0 saturated heterocycles. The Labute approximate surface area is 119 Å². The van der Waals surface area contributed by atoms with E-state index in [1.54, 1.807) is 6.07 Å². The minimum atomic E-state index is -1.11. The van der Waals surface area contributed by atoms with E-state index in [1.807, 2.05) is 54.0 Å². The molecule has 20 heavy (non-hydrogen) atoms. The van der Waals surface area contributed by atoms with Crippen LogP contribution in [0.2, 0.25) is 0 Å². The number of rotatable bonds is 3. The topological polar surface area (TPSA) is 60.4 Å². The molecule has 2 heterocycles. The van der Waals surface area contributed by atoms with Crippen LogP contribution in [0.15, 0.2) is 53.7 Å². The van der Waals surface area contributed by atoms with Gasteiger partial charge < -0.3 is 10.1 Å². The molecule has 0 saturated carbocycles. The SMILES string of the molecule is Cc1cc(S(=O)Cc2cn3ccccc3n2)ccc1N. The number of anilines is 1. The van der Waals surface area contributed by atoms with Gasteiger partial charge in [-0.05, 0) is 42.8 Å². The van der Waals surface area contributed by atoms with Crippen molar-refractivity contribution in [2.75, 3.05) is 5.73 Å². The normalized spacial score (nSPS) is 12.7. The Morgan fingerprint density at radius 1 is 1.30 bits per heavy atom. The van der Waals surface area contributed by atoms with Crippen molar-refractivity contribution in [3.05, 3.63) is 60.0 Å². The van der Waals surface area contributed by atoms with Gasteiger partial charge in [-0.15, -0.1) is 0 Å². The van der Waals surface area contributed by atoms with Crippen molar-refractivity contribution in [1.82, 2.24) is 9.38 Å². The number of nitrogens with zero attached hydrogens (tertiary/aromatic N) is 2. The molecular weight excluding hydrogens is 270 g/mol. The number of nitrogen functional groups attached to an aromatic ring is 1. The van der Waals surface area contributed by atoms with E-state index < -0.39 is 10.8 Å². The van der Waals surface area contributed by atoms with Crippen LogP contribution in [0.5, 0.6) is 0 Å². The minimum Gasteiger partial charge on any atom is -0.399 e. The highest BCUT2D eigenvalue weighted by Crippen LogP contribution is 2.18. The summed E-state index contributed by atoms with van der Waals surface area (Å²) in [5, 5.41) is 0. The molecule has 2 aromatic heterocycles.